The van der Waals surface area contributed by atoms with Crippen molar-refractivity contribution in [2.45, 2.75) is 37.9 Å². The number of rotatable bonds is 9. The van der Waals surface area contributed by atoms with E-state index < -0.39 is 45.8 Å². The Morgan fingerprint density at radius 2 is 1.79 bits per heavy atom. The standard InChI is InChI=1S/C25H22F4N4O5S/c1-15(2)33(39(35,36)24-10-17-9-18(26)5-8-22(17)37-24)13-23(34)30-12-19-11-21(32-14-31-19)16-3-6-20(7-4-16)38-25(27,28)29/h3-11,14-15H,12-13H2,1-2H3,(H,30,34). The number of fused-ring (bicyclic) bond motifs is 1. The summed E-state index contributed by atoms with van der Waals surface area (Å²) in [5, 5.41) is 2.44. The van der Waals surface area contributed by atoms with Crippen LogP contribution in [0.1, 0.15) is 19.5 Å². The molecule has 2 aromatic heterocycles. The van der Waals surface area contributed by atoms with E-state index in [2.05, 4.69) is 20.0 Å². The summed E-state index contributed by atoms with van der Waals surface area (Å²) in [6.07, 6.45) is -3.58. The molecule has 0 aliphatic heterocycles. The number of aromatic nitrogens is 2. The number of carbonyl (C=O) groups is 1. The van der Waals surface area contributed by atoms with Crippen LogP contribution in [0.3, 0.4) is 0 Å². The van der Waals surface area contributed by atoms with Crippen LogP contribution < -0.4 is 10.1 Å². The number of ether oxygens (including phenoxy) is 1. The molecule has 2 heterocycles. The predicted molar refractivity (Wildman–Crippen MR) is 131 cm³/mol. The van der Waals surface area contributed by atoms with Gasteiger partial charge in [0.2, 0.25) is 11.0 Å². The van der Waals surface area contributed by atoms with E-state index in [4.69, 9.17) is 4.42 Å². The van der Waals surface area contributed by atoms with Gasteiger partial charge in [0.1, 0.15) is 23.5 Å². The van der Waals surface area contributed by atoms with Crippen LogP contribution in [0.4, 0.5) is 17.6 Å². The highest BCUT2D eigenvalue weighted by Gasteiger charge is 2.32. The van der Waals surface area contributed by atoms with Crippen LogP contribution in [0, 0.1) is 5.82 Å². The molecule has 0 aliphatic carbocycles. The third-order valence-electron chi connectivity index (χ3n) is 5.47. The Hall–Kier alpha value is -4.04. The van der Waals surface area contributed by atoms with Crippen LogP contribution in [0.15, 0.2) is 70.4 Å². The van der Waals surface area contributed by atoms with Crippen LogP contribution in [0.5, 0.6) is 5.75 Å². The van der Waals surface area contributed by atoms with Crippen LogP contribution in [0.25, 0.3) is 22.2 Å². The third-order valence-corrected chi connectivity index (χ3v) is 7.35. The Labute approximate surface area is 220 Å². The molecule has 0 fully saturated rings. The molecule has 2 aromatic carbocycles. The quantitative estimate of drug-likeness (QED) is 0.294. The zero-order valence-corrected chi connectivity index (χ0v) is 21.4. The summed E-state index contributed by atoms with van der Waals surface area (Å²) in [4.78, 5) is 20.8. The van der Waals surface area contributed by atoms with E-state index >= 15 is 0 Å². The Morgan fingerprint density at radius 1 is 1.08 bits per heavy atom. The molecule has 0 unspecified atom stereocenters. The van der Waals surface area contributed by atoms with Crippen LogP contribution in [-0.4, -0.2) is 47.5 Å². The topological polar surface area (TPSA) is 115 Å². The van der Waals surface area contributed by atoms with Crippen molar-refractivity contribution in [1.29, 1.82) is 0 Å². The molecule has 0 radical (unpaired) electrons. The Balaban J connectivity index is 1.43. The SMILES string of the molecule is CC(C)N(CC(=O)NCc1cc(-c2ccc(OC(F)(F)F)cc2)ncn1)S(=O)(=O)c1cc2cc(F)ccc2o1. The van der Waals surface area contributed by atoms with Gasteiger partial charge in [-0.1, -0.05) is 0 Å². The highest BCUT2D eigenvalue weighted by Crippen LogP contribution is 2.28. The number of hydrogen-bond donors (Lipinski definition) is 1. The minimum Gasteiger partial charge on any atom is -0.443 e. The molecule has 39 heavy (non-hydrogen) atoms. The minimum atomic E-state index is -4.81. The van der Waals surface area contributed by atoms with Crippen molar-refractivity contribution in [2.75, 3.05) is 6.54 Å². The molecule has 0 atom stereocenters. The maximum Gasteiger partial charge on any atom is 0.573 e. The summed E-state index contributed by atoms with van der Waals surface area (Å²) in [5.74, 6) is -1.55. The molecule has 0 saturated carbocycles. The largest absolute Gasteiger partial charge is 0.573 e. The lowest BCUT2D eigenvalue weighted by Crippen LogP contribution is -2.44. The van der Waals surface area contributed by atoms with E-state index in [0.29, 0.717) is 17.0 Å². The highest BCUT2D eigenvalue weighted by molar-refractivity contribution is 7.89. The van der Waals surface area contributed by atoms with Crippen molar-refractivity contribution in [3.63, 3.8) is 0 Å². The molecule has 1 amide bonds. The van der Waals surface area contributed by atoms with Gasteiger partial charge >= 0.3 is 6.36 Å². The van der Waals surface area contributed by atoms with E-state index in [0.717, 1.165) is 28.6 Å². The molecule has 1 N–H and O–H groups in total. The number of sulfonamides is 1. The normalized spacial score (nSPS) is 12.3. The summed E-state index contributed by atoms with van der Waals surface area (Å²) in [6.45, 7) is 2.59. The van der Waals surface area contributed by atoms with Crippen molar-refractivity contribution in [2.24, 2.45) is 0 Å². The smallest absolute Gasteiger partial charge is 0.443 e. The number of carbonyl (C=O) groups excluding carboxylic acids is 1. The van der Waals surface area contributed by atoms with Gasteiger partial charge in [-0.05, 0) is 62.4 Å². The summed E-state index contributed by atoms with van der Waals surface area (Å²) in [7, 11) is -4.23. The lowest BCUT2D eigenvalue weighted by atomic mass is 10.1. The fraction of sp³-hybridized carbons (Fsp3) is 0.240. The Bertz CT molecular complexity index is 1590. The van der Waals surface area contributed by atoms with Crippen molar-refractivity contribution in [3.8, 4) is 17.0 Å². The Kier molecular flexibility index (Phi) is 7.88. The second kappa shape index (κ2) is 11.0. The summed E-state index contributed by atoms with van der Waals surface area (Å²) < 4.78 is 87.2. The number of alkyl halides is 3. The van der Waals surface area contributed by atoms with Crippen LogP contribution >= 0.6 is 0 Å². The molecular weight excluding hydrogens is 544 g/mol. The molecular formula is C25H22F4N4O5S. The van der Waals surface area contributed by atoms with Gasteiger partial charge in [-0.25, -0.2) is 22.8 Å². The molecule has 4 rings (SSSR count). The molecule has 0 aliphatic rings. The summed E-state index contributed by atoms with van der Waals surface area (Å²) in [6, 6.07) is 10.8. The maximum absolute atomic E-state index is 13.5. The van der Waals surface area contributed by atoms with Gasteiger partial charge in [0.05, 0.1) is 24.5 Å². The number of amides is 1. The molecule has 0 bridgehead atoms. The van der Waals surface area contributed by atoms with Gasteiger partial charge in [-0.3, -0.25) is 4.79 Å². The molecule has 14 heteroatoms. The van der Waals surface area contributed by atoms with Crippen molar-refractivity contribution >= 4 is 26.9 Å². The first kappa shape index (κ1) is 28.0. The second-order valence-electron chi connectivity index (χ2n) is 8.64. The van der Waals surface area contributed by atoms with Crippen LogP contribution in [0.2, 0.25) is 0 Å². The number of nitrogens with one attached hydrogen (secondary N) is 1. The van der Waals surface area contributed by atoms with Crippen molar-refractivity contribution in [1.82, 2.24) is 19.6 Å². The van der Waals surface area contributed by atoms with E-state index in [1.54, 1.807) is 13.8 Å². The van der Waals surface area contributed by atoms with Gasteiger partial charge in [-0.15, -0.1) is 13.2 Å². The summed E-state index contributed by atoms with van der Waals surface area (Å²) >= 11 is 0. The second-order valence-corrected chi connectivity index (χ2v) is 10.5. The van der Waals surface area contributed by atoms with E-state index in [1.165, 1.54) is 36.7 Å². The number of hydrogen-bond acceptors (Lipinski definition) is 7. The van der Waals surface area contributed by atoms with Gasteiger partial charge < -0.3 is 14.5 Å². The highest BCUT2D eigenvalue weighted by atomic mass is 32.2. The average molecular weight is 567 g/mol. The van der Waals surface area contributed by atoms with Gasteiger partial charge in [0, 0.05) is 23.1 Å². The maximum atomic E-state index is 13.5. The zero-order valence-electron chi connectivity index (χ0n) is 20.6. The first-order chi connectivity index (χ1) is 18.3. The molecule has 206 valence electrons. The number of nitrogens with zero attached hydrogens (tertiary/aromatic N) is 3. The molecule has 0 spiro atoms. The van der Waals surface area contributed by atoms with E-state index in [1.807, 2.05) is 0 Å². The van der Waals surface area contributed by atoms with Crippen molar-refractivity contribution in [3.05, 3.63) is 72.4 Å². The molecule has 4 aromatic rings. The fourth-order valence-corrected chi connectivity index (χ4v) is 5.19. The fourth-order valence-electron chi connectivity index (χ4n) is 3.64. The number of furan rings is 1. The predicted octanol–water partition coefficient (Wildman–Crippen LogP) is 4.64. The summed E-state index contributed by atoms with van der Waals surface area (Å²) in [5.41, 5.74) is 1.44. The average Bonchev–Trinajstić information content (AvgIpc) is 3.30. The van der Waals surface area contributed by atoms with Gasteiger partial charge in [0.15, 0.2) is 0 Å². The first-order valence-corrected chi connectivity index (χ1v) is 12.9. The lowest BCUT2D eigenvalue weighted by Gasteiger charge is -2.24. The monoisotopic (exact) mass is 566 g/mol. The molecule has 9 nitrogen and oxygen atoms in total. The minimum absolute atomic E-state index is 0.0699. The lowest BCUT2D eigenvalue weighted by molar-refractivity contribution is -0.274. The van der Waals surface area contributed by atoms with E-state index in [9.17, 15) is 30.8 Å². The van der Waals surface area contributed by atoms with Crippen molar-refractivity contribution < 1.29 is 39.9 Å². The number of halogens is 4. The number of benzene rings is 2. The van der Waals surface area contributed by atoms with Gasteiger partial charge in [0.25, 0.3) is 10.0 Å². The van der Waals surface area contributed by atoms with Gasteiger partial charge in [-0.2, -0.15) is 4.31 Å². The Morgan fingerprint density at radius 3 is 2.46 bits per heavy atom. The third kappa shape index (κ3) is 6.89. The van der Waals surface area contributed by atoms with E-state index in [-0.39, 0.29) is 23.3 Å². The van der Waals surface area contributed by atoms with Crippen LogP contribution in [-0.2, 0) is 21.4 Å². The first-order valence-electron chi connectivity index (χ1n) is 11.5. The zero-order chi connectivity index (χ0) is 28.4. The molecule has 0 saturated heterocycles.